The van der Waals surface area contributed by atoms with E-state index in [9.17, 15) is 18.0 Å². The lowest BCUT2D eigenvalue weighted by atomic mass is 9.95. The number of carbonyl (C=O) groups is 2. The van der Waals surface area contributed by atoms with Gasteiger partial charge in [-0.1, -0.05) is 19.3 Å². The quantitative estimate of drug-likeness (QED) is 0.308. The topological polar surface area (TPSA) is 136 Å². The van der Waals surface area contributed by atoms with E-state index in [1.165, 1.54) is 39.0 Å². The Morgan fingerprint density at radius 3 is 2.32 bits per heavy atom. The zero-order valence-corrected chi connectivity index (χ0v) is 22.6. The van der Waals surface area contributed by atoms with E-state index in [4.69, 9.17) is 14.2 Å². The summed E-state index contributed by atoms with van der Waals surface area (Å²) >= 11 is 0. The largest absolute Gasteiger partial charge is 0.497 e. The second-order valence-corrected chi connectivity index (χ2v) is 10.8. The lowest BCUT2D eigenvalue weighted by Crippen LogP contribution is -2.39. The second-order valence-electron chi connectivity index (χ2n) is 8.86. The molecule has 206 valence electrons. The molecule has 0 saturated heterocycles. The zero-order valence-electron chi connectivity index (χ0n) is 21.8. The predicted molar refractivity (Wildman–Crippen MR) is 144 cm³/mol. The molecule has 2 N–H and O–H groups in total. The molecule has 0 spiro atoms. The van der Waals surface area contributed by atoms with Gasteiger partial charge >= 0.3 is 0 Å². The van der Waals surface area contributed by atoms with Gasteiger partial charge in [-0.05, 0) is 54.8 Å². The van der Waals surface area contributed by atoms with Crippen LogP contribution in [0, 0.1) is 0 Å². The molecule has 2 amide bonds. The predicted octanol–water partition coefficient (Wildman–Crippen LogP) is 2.45. The van der Waals surface area contributed by atoms with E-state index in [0.717, 1.165) is 36.2 Å². The fraction of sp³-hybridized carbons (Fsp3) is 0.423. The van der Waals surface area contributed by atoms with Crippen molar-refractivity contribution in [3.8, 4) is 17.2 Å². The first-order valence-corrected chi connectivity index (χ1v) is 14.1. The van der Waals surface area contributed by atoms with Gasteiger partial charge in [-0.15, -0.1) is 0 Å². The van der Waals surface area contributed by atoms with Gasteiger partial charge in [0.2, 0.25) is 10.0 Å². The van der Waals surface area contributed by atoms with Crippen LogP contribution in [-0.4, -0.2) is 66.1 Å². The van der Waals surface area contributed by atoms with E-state index < -0.39 is 22.5 Å². The highest BCUT2D eigenvalue weighted by Gasteiger charge is 2.24. The monoisotopic (exact) mass is 546 g/mol. The lowest BCUT2D eigenvalue weighted by molar-refractivity contribution is -0.124. The molecule has 3 rings (SSSR count). The highest BCUT2D eigenvalue weighted by molar-refractivity contribution is 7.92. The Kier molecular flexibility index (Phi) is 10.3. The Morgan fingerprint density at radius 1 is 1.00 bits per heavy atom. The van der Waals surface area contributed by atoms with Gasteiger partial charge in [0, 0.05) is 12.1 Å². The number of benzene rings is 2. The molecule has 1 fully saturated rings. The molecular weight excluding hydrogens is 512 g/mol. The maximum atomic E-state index is 12.5. The number of nitrogens with zero attached hydrogens (tertiary/aromatic N) is 2. The molecule has 1 saturated carbocycles. The van der Waals surface area contributed by atoms with Gasteiger partial charge in [0.1, 0.15) is 23.8 Å². The van der Waals surface area contributed by atoms with Gasteiger partial charge in [-0.3, -0.25) is 13.9 Å². The summed E-state index contributed by atoms with van der Waals surface area (Å²) in [6.07, 6.45) is 7.94. The van der Waals surface area contributed by atoms with Crippen LogP contribution in [0.15, 0.2) is 47.6 Å². The number of amides is 2. The average Bonchev–Trinajstić information content (AvgIpc) is 2.91. The van der Waals surface area contributed by atoms with E-state index >= 15 is 0 Å². The van der Waals surface area contributed by atoms with Crippen LogP contribution in [0.2, 0.25) is 0 Å². The summed E-state index contributed by atoms with van der Waals surface area (Å²) in [5.41, 5.74) is 3.19. The van der Waals surface area contributed by atoms with Gasteiger partial charge in [-0.25, -0.2) is 13.8 Å². The van der Waals surface area contributed by atoms with Gasteiger partial charge in [-0.2, -0.15) is 5.10 Å². The standard InChI is InChI=1S/C26H34N4O7S/c1-35-22-13-14-23(24(15-22)36-2)30(38(3,33)34)17-25(31)29-27-16-19-9-11-21(12-10-19)37-18-26(32)28-20-7-5-4-6-8-20/h9-16,20H,4-8,17-18H2,1-3H3,(H,28,32)(H,29,31)/b27-16+. The summed E-state index contributed by atoms with van der Waals surface area (Å²) in [5, 5.41) is 6.91. The van der Waals surface area contributed by atoms with Crippen LogP contribution in [0.3, 0.4) is 0 Å². The minimum Gasteiger partial charge on any atom is -0.497 e. The normalized spacial score (nSPS) is 14.1. The molecule has 12 heteroatoms. The van der Waals surface area contributed by atoms with E-state index in [2.05, 4.69) is 15.8 Å². The van der Waals surface area contributed by atoms with Crippen molar-refractivity contribution in [2.45, 2.75) is 38.1 Å². The number of hydrogen-bond donors (Lipinski definition) is 2. The Bertz CT molecular complexity index is 1230. The Morgan fingerprint density at radius 2 is 1.68 bits per heavy atom. The van der Waals surface area contributed by atoms with E-state index in [1.807, 2.05) is 0 Å². The molecule has 0 unspecified atom stereocenters. The number of ether oxygens (including phenoxy) is 3. The van der Waals surface area contributed by atoms with Crippen LogP contribution in [0.4, 0.5) is 5.69 Å². The highest BCUT2D eigenvalue weighted by atomic mass is 32.2. The smallest absolute Gasteiger partial charge is 0.260 e. The molecule has 1 aliphatic carbocycles. The molecule has 0 radical (unpaired) electrons. The number of methoxy groups -OCH3 is 2. The van der Waals surface area contributed by atoms with Crippen molar-refractivity contribution in [2.75, 3.05) is 37.9 Å². The number of nitrogens with one attached hydrogen (secondary N) is 2. The summed E-state index contributed by atoms with van der Waals surface area (Å²) in [4.78, 5) is 24.6. The minimum atomic E-state index is -3.81. The van der Waals surface area contributed by atoms with Crippen LogP contribution < -0.4 is 29.3 Å². The third-order valence-electron chi connectivity index (χ3n) is 5.97. The lowest BCUT2D eigenvalue weighted by Gasteiger charge is -2.23. The van der Waals surface area contributed by atoms with Crippen LogP contribution in [0.25, 0.3) is 0 Å². The van der Waals surface area contributed by atoms with Crippen molar-refractivity contribution in [2.24, 2.45) is 5.10 Å². The van der Waals surface area contributed by atoms with E-state index in [1.54, 1.807) is 30.3 Å². The van der Waals surface area contributed by atoms with Crippen LogP contribution in [0.1, 0.15) is 37.7 Å². The number of hydrazone groups is 1. The fourth-order valence-electron chi connectivity index (χ4n) is 4.03. The van der Waals surface area contributed by atoms with Crippen molar-refractivity contribution in [1.82, 2.24) is 10.7 Å². The van der Waals surface area contributed by atoms with Crippen molar-refractivity contribution >= 4 is 33.7 Å². The Balaban J connectivity index is 1.52. The van der Waals surface area contributed by atoms with E-state index in [-0.39, 0.29) is 30.0 Å². The van der Waals surface area contributed by atoms with E-state index in [0.29, 0.717) is 17.1 Å². The van der Waals surface area contributed by atoms with Gasteiger partial charge < -0.3 is 19.5 Å². The number of sulfonamides is 1. The summed E-state index contributed by atoms with van der Waals surface area (Å²) in [5.74, 6) is 0.462. The van der Waals surface area contributed by atoms with Crippen molar-refractivity contribution in [3.05, 3.63) is 48.0 Å². The first-order chi connectivity index (χ1) is 18.2. The average molecular weight is 547 g/mol. The second kappa shape index (κ2) is 13.7. The SMILES string of the molecule is COc1ccc(N(CC(=O)N/N=C/c2ccc(OCC(=O)NC3CCCCC3)cc2)S(C)(=O)=O)c(OC)c1. The third kappa shape index (κ3) is 8.65. The maximum Gasteiger partial charge on any atom is 0.260 e. The molecule has 2 aromatic rings. The third-order valence-corrected chi connectivity index (χ3v) is 7.09. The zero-order chi connectivity index (χ0) is 27.5. The van der Waals surface area contributed by atoms with Crippen molar-refractivity contribution < 1.29 is 32.2 Å². The van der Waals surface area contributed by atoms with Crippen LogP contribution >= 0.6 is 0 Å². The first-order valence-electron chi connectivity index (χ1n) is 12.2. The molecule has 0 bridgehead atoms. The van der Waals surface area contributed by atoms with Gasteiger partial charge in [0.25, 0.3) is 11.8 Å². The fourth-order valence-corrected chi connectivity index (χ4v) is 4.89. The molecule has 38 heavy (non-hydrogen) atoms. The van der Waals surface area contributed by atoms with Crippen LogP contribution in [-0.2, 0) is 19.6 Å². The molecule has 11 nitrogen and oxygen atoms in total. The number of hydrogen-bond acceptors (Lipinski definition) is 8. The van der Waals surface area contributed by atoms with Crippen LogP contribution in [0.5, 0.6) is 17.2 Å². The van der Waals surface area contributed by atoms with Crippen molar-refractivity contribution in [3.63, 3.8) is 0 Å². The Hall–Kier alpha value is -3.80. The van der Waals surface area contributed by atoms with Crippen molar-refractivity contribution in [1.29, 1.82) is 0 Å². The minimum absolute atomic E-state index is 0.0597. The first kappa shape index (κ1) is 28.8. The molecule has 0 aliphatic heterocycles. The molecular formula is C26H34N4O7S. The summed E-state index contributed by atoms with van der Waals surface area (Å²) in [6, 6.07) is 11.7. The molecule has 2 aromatic carbocycles. The summed E-state index contributed by atoms with van der Waals surface area (Å²) in [6.45, 7) is -0.565. The Labute approximate surface area is 223 Å². The number of anilines is 1. The van der Waals surface area contributed by atoms with Gasteiger partial charge in [0.05, 0.1) is 32.4 Å². The summed E-state index contributed by atoms with van der Waals surface area (Å²) in [7, 11) is -0.937. The summed E-state index contributed by atoms with van der Waals surface area (Å²) < 4.78 is 41.7. The highest BCUT2D eigenvalue weighted by Crippen LogP contribution is 2.33. The molecule has 0 heterocycles. The van der Waals surface area contributed by atoms with Gasteiger partial charge in [0.15, 0.2) is 6.61 Å². The molecule has 0 atom stereocenters. The molecule has 0 aromatic heterocycles. The number of carbonyl (C=O) groups excluding carboxylic acids is 2. The maximum absolute atomic E-state index is 12.5. The molecule has 1 aliphatic rings. The number of rotatable bonds is 12.